The van der Waals surface area contributed by atoms with Crippen LogP contribution in [-0.2, 0) is 14.8 Å². The largest absolute Gasteiger partial charge is 0.385 e. The summed E-state index contributed by atoms with van der Waals surface area (Å²) in [5, 5.41) is 3.55. The topological polar surface area (TPSA) is 70.7 Å². The Kier molecular flexibility index (Phi) is 8.60. The van der Waals surface area contributed by atoms with Gasteiger partial charge < -0.3 is 15.0 Å². The predicted octanol–water partition coefficient (Wildman–Crippen LogP) is 4.22. The Morgan fingerprint density at radius 1 is 1.00 bits per heavy atom. The van der Waals surface area contributed by atoms with Crippen LogP contribution in [0.2, 0.25) is 0 Å². The van der Waals surface area contributed by atoms with Gasteiger partial charge in [0, 0.05) is 37.6 Å². The molecule has 1 aliphatic heterocycles. The zero-order valence-corrected chi connectivity index (χ0v) is 20.7. The minimum atomic E-state index is -3.24. The van der Waals surface area contributed by atoms with E-state index in [1.54, 1.807) is 20.8 Å². The number of anilines is 2. The number of hydrogen-bond donors (Lipinski definition) is 2. The molecule has 1 saturated heterocycles. The summed E-state index contributed by atoms with van der Waals surface area (Å²) in [6.45, 7) is 17.0. The number of sulfonamides is 1. The molecule has 1 aliphatic rings. The van der Waals surface area contributed by atoms with Gasteiger partial charge in [-0.15, -0.1) is 0 Å². The van der Waals surface area contributed by atoms with Crippen molar-refractivity contribution in [3.05, 3.63) is 23.3 Å². The second-order valence-corrected chi connectivity index (χ2v) is 12.1. The van der Waals surface area contributed by atoms with Crippen LogP contribution in [-0.4, -0.2) is 51.6 Å². The maximum absolute atomic E-state index is 12.0. The third-order valence-corrected chi connectivity index (χ3v) is 7.98. The van der Waals surface area contributed by atoms with E-state index in [0.29, 0.717) is 6.54 Å². The summed E-state index contributed by atoms with van der Waals surface area (Å²) in [6, 6.07) is 4.40. The van der Waals surface area contributed by atoms with Gasteiger partial charge in [-0.1, -0.05) is 6.42 Å². The zero-order valence-electron chi connectivity index (χ0n) is 19.8. The van der Waals surface area contributed by atoms with Gasteiger partial charge in [0.25, 0.3) is 0 Å². The average Bonchev–Trinajstić information content (AvgIpc) is 2.62. The number of morpholine rings is 1. The van der Waals surface area contributed by atoms with Crippen molar-refractivity contribution in [3.8, 4) is 0 Å². The van der Waals surface area contributed by atoms with Crippen molar-refractivity contribution in [1.82, 2.24) is 4.72 Å². The number of hydrogen-bond acceptors (Lipinski definition) is 5. The highest BCUT2D eigenvalue weighted by molar-refractivity contribution is 7.90. The molecule has 30 heavy (non-hydrogen) atoms. The molecule has 2 atom stereocenters. The van der Waals surface area contributed by atoms with E-state index in [1.807, 2.05) is 0 Å². The van der Waals surface area contributed by atoms with E-state index in [0.717, 1.165) is 38.9 Å². The fourth-order valence-electron chi connectivity index (χ4n) is 3.79. The Morgan fingerprint density at radius 2 is 1.60 bits per heavy atom. The van der Waals surface area contributed by atoms with E-state index in [-0.39, 0.29) is 12.2 Å². The SMILES string of the molecule is Cc1c(NCCCCCNS(=O)(=O)C(C)(C)C)ccc(N2C[C@@H](C)O[C@@H](C)C2)c1C. The summed E-state index contributed by atoms with van der Waals surface area (Å²) in [5.74, 6) is 0. The number of rotatable bonds is 9. The van der Waals surface area contributed by atoms with Gasteiger partial charge in [-0.05, 0) is 84.6 Å². The Labute approximate surface area is 183 Å². The molecule has 172 valence electrons. The van der Waals surface area contributed by atoms with Crippen molar-refractivity contribution < 1.29 is 13.2 Å². The third kappa shape index (κ3) is 6.59. The standard InChI is InChI=1S/C23H41N3O3S/c1-17-15-26(16-18(2)29-17)22-12-11-21(19(3)20(22)4)24-13-9-8-10-14-25-30(27,28)23(5,6)7/h11-12,17-18,24-25H,8-10,13-16H2,1-7H3/t17-,18+. The molecule has 2 N–H and O–H groups in total. The number of nitrogens with one attached hydrogen (secondary N) is 2. The van der Waals surface area contributed by atoms with Crippen molar-refractivity contribution in [2.45, 2.75) is 84.7 Å². The minimum Gasteiger partial charge on any atom is -0.385 e. The first-order chi connectivity index (χ1) is 13.9. The number of benzene rings is 1. The molecule has 7 heteroatoms. The Morgan fingerprint density at radius 3 is 2.20 bits per heavy atom. The lowest BCUT2D eigenvalue weighted by molar-refractivity contribution is -0.00524. The lowest BCUT2D eigenvalue weighted by Crippen LogP contribution is -2.45. The Balaban J connectivity index is 1.79. The van der Waals surface area contributed by atoms with Crippen LogP contribution in [0, 0.1) is 13.8 Å². The molecule has 0 spiro atoms. The summed E-state index contributed by atoms with van der Waals surface area (Å²) in [6.07, 6.45) is 3.34. The molecule has 0 unspecified atom stereocenters. The molecule has 0 amide bonds. The zero-order chi connectivity index (χ0) is 22.5. The Bertz CT molecular complexity index is 793. The molecular formula is C23H41N3O3S. The molecular weight excluding hydrogens is 398 g/mol. The second-order valence-electron chi connectivity index (χ2n) is 9.54. The molecule has 6 nitrogen and oxygen atoms in total. The molecule has 0 aromatic heterocycles. The molecule has 0 saturated carbocycles. The maximum atomic E-state index is 12.0. The third-order valence-electron chi connectivity index (χ3n) is 5.79. The average molecular weight is 440 g/mol. The summed E-state index contributed by atoms with van der Waals surface area (Å²) >= 11 is 0. The molecule has 1 heterocycles. The first-order valence-electron chi connectivity index (χ1n) is 11.2. The van der Waals surface area contributed by atoms with Crippen LogP contribution in [0.15, 0.2) is 12.1 Å². The fourth-order valence-corrected chi connectivity index (χ4v) is 4.63. The quantitative estimate of drug-likeness (QED) is 0.564. The van der Waals surface area contributed by atoms with Crippen LogP contribution in [0.3, 0.4) is 0 Å². The van der Waals surface area contributed by atoms with Crippen molar-refractivity contribution in [3.63, 3.8) is 0 Å². The van der Waals surface area contributed by atoms with E-state index < -0.39 is 14.8 Å². The van der Waals surface area contributed by atoms with Gasteiger partial charge in [0.05, 0.1) is 17.0 Å². The van der Waals surface area contributed by atoms with Gasteiger partial charge in [-0.3, -0.25) is 0 Å². The van der Waals surface area contributed by atoms with Crippen LogP contribution in [0.25, 0.3) is 0 Å². The van der Waals surface area contributed by atoms with Crippen LogP contribution in [0.5, 0.6) is 0 Å². The molecule has 0 bridgehead atoms. The van der Waals surface area contributed by atoms with Gasteiger partial charge in [0.15, 0.2) is 0 Å². The number of ether oxygens (including phenoxy) is 1. The lowest BCUT2D eigenvalue weighted by Gasteiger charge is -2.38. The predicted molar refractivity (Wildman–Crippen MR) is 127 cm³/mol. The molecule has 1 aromatic rings. The van der Waals surface area contributed by atoms with Crippen LogP contribution >= 0.6 is 0 Å². The van der Waals surface area contributed by atoms with Crippen LogP contribution in [0.1, 0.15) is 65.0 Å². The molecule has 0 radical (unpaired) electrons. The van der Waals surface area contributed by atoms with Crippen LogP contribution < -0.4 is 14.9 Å². The lowest BCUT2D eigenvalue weighted by atomic mass is 10.0. The van der Waals surface area contributed by atoms with Gasteiger partial charge in [-0.25, -0.2) is 13.1 Å². The van der Waals surface area contributed by atoms with E-state index >= 15 is 0 Å². The Hall–Kier alpha value is -1.31. The van der Waals surface area contributed by atoms with Crippen molar-refractivity contribution in [1.29, 1.82) is 0 Å². The van der Waals surface area contributed by atoms with E-state index in [1.165, 1.54) is 22.5 Å². The van der Waals surface area contributed by atoms with E-state index in [9.17, 15) is 8.42 Å². The van der Waals surface area contributed by atoms with Crippen LogP contribution in [0.4, 0.5) is 11.4 Å². The van der Waals surface area contributed by atoms with Crippen molar-refractivity contribution >= 4 is 21.4 Å². The van der Waals surface area contributed by atoms with Gasteiger partial charge in [-0.2, -0.15) is 0 Å². The molecule has 2 rings (SSSR count). The fraction of sp³-hybridized carbons (Fsp3) is 0.739. The van der Waals surface area contributed by atoms with Gasteiger partial charge in [0.1, 0.15) is 0 Å². The minimum absolute atomic E-state index is 0.249. The van der Waals surface area contributed by atoms with Crippen molar-refractivity contribution in [2.24, 2.45) is 0 Å². The number of unbranched alkanes of at least 4 members (excludes halogenated alkanes) is 2. The highest BCUT2D eigenvalue weighted by Crippen LogP contribution is 2.30. The summed E-state index contributed by atoms with van der Waals surface area (Å²) < 4.78 is 31.9. The van der Waals surface area contributed by atoms with E-state index in [4.69, 9.17) is 4.74 Å². The molecule has 1 fully saturated rings. The summed E-state index contributed by atoms with van der Waals surface area (Å²) in [4.78, 5) is 2.43. The molecule has 0 aliphatic carbocycles. The molecule has 1 aromatic carbocycles. The first-order valence-corrected chi connectivity index (χ1v) is 12.6. The van der Waals surface area contributed by atoms with E-state index in [2.05, 4.69) is 54.8 Å². The second kappa shape index (κ2) is 10.3. The van der Waals surface area contributed by atoms with Gasteiger partial charge >= 0.3 is 0 Å². The number of nitrogens with zero attached hydrogens (tertiary/aromatic N) is 1. The summed E-state index contributed by atoms with van der Waals surface area (Å²) in [5.41, 5.74) is 5.08. The first kappa shape index (κ1) is 25.0. The van der Waals surface area contributed by atoms with Crippen molar-refractivity contribution in [2.75, 3.05) is 36.4 Å². The highest BCUT2D eigenvalue weighted by atomic mass is 32.2. The monoisotopic (exact) mass is 439 g/mol. The smallest absolute Gasteiger partial charge is 0.216 e. The normalized spacial score (nSPS) is 20.4. The van der Waals surface area contributed by atoms with Gasteiger partial charge in [0.2, 0.25) is 10.0 Å². The maximum Gasteiger partial charge on any atom is 0.216 e. The summed E-state index contributed by atoms with van der Waals surface area (Å²) in [7, 11) is -3.24. The highest BCUT2D eigenvalue weighted by Gasteiger charge is 2.28.